The van der Waals surface area contributed by atoms with Crippen LogP contribution in [0.15, 0.2) is 5.38 Å². The normalized spacial score (nSPS) is 25.5. The minimum absolute atomic E-state index is 0.167. The first-order chi connectivity index (χ1) is 6.79. The van der Waals surface area contributed by atoms with E-state index in [2.05, 4.69) is 14.9 Å². The van der Waals surface area contributed by atoms with Gasteiger partial charge in [-0.1, -0.05) is 4.49 Å². The predicted molar refractivity (Wildman–Crippen MR) is 51.0 cm³/mol. The molecule has 0 unspecified atom stereocenters. The van der Waals surface area contributed by atoms with E-state index in [0.29, 0.717) is 11.6 Å². The molecule has 1 aromatic rings. The van der Waals surface area contributed by atoms with Gasteiger partial charge in [0.1, 0.15) is 0 Å². The first kappa shape index (κ1) is 9.54. The topological polar surface area (TPSA) is 75.1 Å². The maximum absolute atomic E-state index is 11.4. The van der Waals surface area contributed by atoms with Crippen molar-refractivity contribution in [3.63, 3.8) is 0 Å². The first-order valence-corrected chi connectivity index (χ1v) is 5.32. The van der Waals surface area contributed by atoms with Crippen molar-refractivity contribution in [1.29, 1.82) is 0 Å². The van der Waals surface area contributed by atoms with Crippen LogP contribution >= 0.6 is 11.5 Å². The van der Waals surface area contributed by atoms with E-state index in [0.717, 1.165) is 24.4 Å². The number of nitrogens with zero attached hydrogens (tertiary/aromatic N) is 2. The summed E-state index contributed by atoms with van der Waals surface area (Å²) in [4.78, 5) is 11.4. The summed E-state index contributed by atoms with van der Waals surface area (Å²) in [6.07, 6.45) is 1.72. The second-order valence-electron chi connectivity index (χ2n) is 3.48. The number of hydrogen-bond acceptors (Lipinski definition) is 5. The number of nitrogens with one attached hydrogen (secondary N) is 1. The van der Waals surface area contributed by atoms with E-state index in [4.69, 9.17) is 5.11 Å². The lowest BCUT2D eigenvalue weighted by Gasteiger charge is -2.34. The molecule has 76 valence electrons. The molecule has 0 spiro atoms. The molecule has 2 N–H and O–H groups in total. The van der Waals surface area contributed by atoms with Gasteiger partial charge in [0.05, 0.1) is 0 Å². The Morgan fingerprint density at radius 3 is 3.07 bits per heavy atom. The standard InChI is InChI=1S/C8H11N3O2S/c12-3-5-1-6(2-5)9-8(13)7-4-14-11-10-7/h4-6,12H,1-3H2,(H,9,13). The van der Waals surface area contributed by atoms with Crippen LogP contribution in [0.4, 0.5) is 0 Å². The van der Waals surface area contributed by atoms with Crippen molar-refractivity contribution < 1.29 is 9.90 Å². The van der Waals surface area contributed by atoms with Gasteiger partial charge in [-0.2, -0.15) is 0 Å². The number of carbonyl (C=O) groups is 1. The molecule has 0 aliphatic heterocycles. The summed E-state index contributed by atoms with van der Waals surface area (Å²) in [5.74, 6) is 0.189. The minimum atomic E-state index is -0.167. The van der Waals surface area contributed by atoms with Gasteiger partial charge in [0.15, 0.2) is 5.69 Å². The molecule has 0 radical (unpaired) electrons. The van der Waals surface area contributed by atoms with Crippen molar-refractivity contribution in [3.8, 4) is 0 Å². The van der Waals surface area contributed by atoms with Crippen LogP contribution in [0.3, 0.4) is 0 Å². The summed E-state index contributed by atoms with van der Waals surface area (Å²) in [6.45, 7) is 0.213. The molecule has 1 aliphatic rings. The number of amides is 1. The molecular weight excluding hydrogens is 202 g/mol. The van der Waals surface area contributed by atoms with E-state index in [1.54, 1.807) is 5.38 Å². The molecule has 6 heteroatoms. The molecule has 0 aromatic carbocycles. The Morgan fingerprint density at radius 1 is 1.71 bits per heavy atom. The summed E-state index contributed by atoms with van der Waals surface area (Å²) >= 11 is 1.16. The van der Waals surface area contributed by atoms with Crippen LogP contribution in [0.25, 0.3) is 0 Å². The smallest absolute Gasteiger partial charge is 0.272 e. The largest absolute Gasteiger partial charge is 0.396 e. The third-order valence-electron chi connectivity index (χ3n) is 2.42. The monoisotopic (exact) mass is 213 g/mol. The Balaban J connectivity index is 1.80. The summed E-state index contributed by atoms with van der Waals surface area (Å²) in [5, 5.41) is 16.9. The summed E-state index contributed by atoms with van der Waals surface area (Å²) in [5.41, 5.74) is 0.377. The molecule has 1 heterocycles. The van der Waals surface area contributed by atoms with Gasteiger partial charge in [0, 0.05) is 18.0 Å². The second kappa shape index (κ2) is 4.02. The number of carbonyl (C=O) groups excluding carboxylic acids is 1. The molecule has 0 bridgehead atoms. The SMILES string of the molecule is O=C(NC1CC(CO)C1)c1csnn1. The summed E-state index contributed by atoms with van der Waals surface area (Å²) in [6, 6.07) is 0.196. The first-order valence-electron chi connectivity index (χ1n) is 4.48. The van der Waals surface area contributed by atoms with Gasteiger partial charge in [-0.3, -0.25) is 4.79 Å². The molecule has 0 atom stereocenters. The molecule has 2 rings (SSSR count). The van der Waals surface area contributed by atoms with E-state index in [-0.39, 0.29) is 18.6 Å². The molecule has 1 saturated carbocycles. The van der Waals surface area contributed by atoms with Crippen LogP contribution < -0.4 is 5.32 Å². The molecule has 1 fully saturated rings. The molecule has 5 nitrogen and oxygen atoms in total. The Morgan fingerprint density at radius 2 is 2.50 bits per heavy atom. The van der Waals surface area contributed by atoms with E-state index >= 15 is 0 Å². The fourth-order valence-corrected chi connectivity index (χ4v) is 1.96. The van der Waals surface area contributed by atoms with Crippen molar-refractivity contribution in [2.75, 3.05) is 6.61 Å². The van der Waals surface area contributed by atoms with Gasteiger partial charge in [-0.15, -0.1) is 5.10 Å². The van der Waals surface area contributed by atoms with Crippen molar-refractivity contribution >= 4 is 17.4 Å². The lowest BCUT2D eigenvalue weighted by molar-refractivity contribution is 0.0827. The Kier molecular flexibility index (Phi) is 2.74. The number of rotatable bonds is 3. The van der Waals surface area contributed by atoms with Crippen molar-refractivity contribution in [1.82, 2.24) is 14.9 Å². The van der Waals surface area contributed by atoms with E-state index < -0.39 is 0 Å². The molecule has 1 aromatic heterocycles. The van der Waals surface area contributed by atoms with E-state index in [1.165, 1.54) is 0 Å². The van der Waals surface area contributed by atoms with Crippen LogP contribution in [-0.2, 0) is 0 Å². The lowest BCUT2D eigenvalue weighted by atomic mass is 9.81. The van der Waals surface area contributed by atoms with Gasteiger partial charge in [0.2, 0.25) is 0 Å². The van der Waals surface area contributed by atoms with Gasteiger partial charge in [0.25, 0.3) is 5.91 Å². The highest BCUT2D eigenvalue weighted by Crippen LogP contribution is 2.26. The van der Waals surface area contributed by atoms with Crippen LogP contribution in [0.5, 0.6) is 0 Å². The molecule has 1 amide bonds. The molecule has 0 saturated heterocycles. The molecule has 14 heavy (non-hydrogen) atoms. The zero-order valence-electron chi connectivity index (χ0n) is 7.51. The number of aromatic nitrogens is 2. The van der Waals surface area contributed by atoms with Crippen LogP contribution in [-0.4, -0.2) is 33.2 Å². The van der Waals surface area contributed by atoms with Gasteiger partial charge >= 0.3 is 0 Å². The summed E-state index contributed by atoms with van der Waals surface area (Å²) < 4.78 is 3.62. The van der Waals surface area contributed by atoms with Crippen LogP contribution in [0.2, 0.25) is 0 Å². The second-order valence-corrected chi connectivity index (χ2v) is 4.09. The maximum Gasteiger partial charge on any atom is 0.272 e. The average molecular weight is 213 g/mol. The maximum atomic E-state index is 11.4. The van der Waals surface area contributed by atoms with Gasteiger partial charge < -0.3 is 10.4 Å². The number of hydrogen-bond donors (Lipinski definition) is 2. The predicted octanol–water partition coefficient (Wildman–Crippen LogP) is 0.0388. The fraction of sp³-hybridized carbons (Fsp3) is 0.625. The van der Waals surface area contributed by atoms with Crippen molar-refractivity contribution in [2.24, 2.45) is 5.92 Å². The number of aliphatic hydroxyl groups excluding tert-OH is 1. The molecule has 1 aliphatic carbocycles. The highest BCUT2D eigenvalue weighted by molar-refractivity contribution is 7.03. The van der Waals surface area contributed by atoms with Crippen molar-refractivity contribution in [2.45, 2.75) is 18.9 Å². The van der Waals surface area contributed by atoms with Crippen LogP contribution in [0.1, 0.15) is 23.3 Å². The zero-order valence-corrected chi connectivity index (χ0v) is 8.33. The Hall–Kier alpha value is -1.01. The Labute approximate surface area is 85.3 Å². The lowest BCUT2D eigenvalue weighted by Crippen LogP contribution is -2.45. The fourth-order valence-electron chi connectivity index (χ4n) is 1.53. The summed E-state index contributed by atoms with van der Waals surface area (Å²) in [7, 11) is 0. The quantitative estimate of drug-likeness (QED) is 0.743. The Bertz CT molecular complexity index is 308. The molecular formula is C8H11N3O2S. The zero-order chi connectivity index (χ0) is 9.97. The van der Waals surface area contributed by atoms with Crippen molar-refractivity contribution in [3.05, 3.63) is 11.1 Å². The van der Waals surface area contributed by atoms with Gasteiger partial charge in [-0.05, 0) is 30.3 Å². The highest BCUT2D eigenvalue weighted by atomic mass is 32.1. The van der Waals surface area contributed by atoms with E-state index in [9.17, 15) is 4.79 Å². The van der Waals surface area contributed by atoms with E-state index in [1.807, 2.05) is 0 Å². The van der Waals surface area contributed by atoms with Gasteiger partial charge in [-0.25, -0.2) is 0 Å². The minimum Gasteiger partial charge on any atom is -0.396 e. The van der Waals surface area contributed by atoms with Crippen LogP contribution in [0, 0.1) is 5.92 Å². The third-order valence-corrected chi connectivity index (χ3v) is 2.93. The highest BCUT2D eigenvalue weighted by Gasteiger charge is 2.30. The number of aliphatic hydroxyl groups is 1. The third kappa shape index (κ3) is 1.91. The average Bonchev–Trinajstić information content (AvgIpc) is 2.62.